The van der Waals surface area contributed by atoms with Gasteiger partial charge in [-0.1, -0.05) is 12.2 Å². The molecule has 98 valence electrons. The molecule has 18 heavy (non-hydrogen) atoms. The summed E-state index contributed by atoms with van der Waals surface area (Å²) in [5.74, 6) is 0.146. The smallest absolute Gasteiger partial charge is 0.251 e. The Bertz CT molecular complexity index is 535. The molecule has 0 saturated carbocycles. The highest BCUT2D eigenvalue weighted by Crippen LogP contribution is 2.10. The highest BCUT2D eigenvalue weighted by Gasteiger charge is 2.08. The van der Waals surface area contributed by atoms with Gasteiger partial charge in [-0.2, -0.15) is 0 Å². The van der Waals surface area contributed by atoms with E-state index in [1.807, 2.05) is 0 Å². The molecule has 0 fully saturated rings. The van der Waals surface area contributed by atoms with Crippen molar-refractivity contribution in [1.29, 1.82) is 0 Å². The summed E-state index contributed by atoms with van der Waals surface area (Å²) in [6.07, 6.45) is 4.60. The van der Waals surface area contributed by atoms with Gasteiger partial charge < -0.3 is 5.32 Å². The average molecular weight is 288 g/mol. The van der Waals surface area contributed by atoms with Gasteiger partial charge in [-0.25, -0.2) is 8.42 Å². The van der Waals surface area contributed by atoms with Crippen molar-refractivity contribution >= 4 is 27.3 Å². The Morgan fingerprint density at radius 3 is 2.39 bits per heavy atom. The summed E-state index contributed by atoms with van der Waals surface area (Å²) in [5, 5.41) is 2.66. The molecule has 0 atom stereocenters. The van der Waals surface area contributed by atoms with Gasteiger partial charge in [-0.3, -0.25) is 4.79 Å². The molecule has 0 saturated heterocycles. The van der Waals surface area contributed by atoms with Crippen molar-refractivity contribution in [3.63, 3.8) is 0 Å². The standard InChI is InChI=1S/C12H14ClNO3S/c1-18(16,17)11-6-4-10(5-7-11)12(15)14-9-3-2-8-13/h2-7H,8-9H2,1H3,(H,14,15)/b3-2+. The van der Waals surface area contributed by atoms with E-state index in [1.165, 1.54) is 24.3 Å². The van der Waals surface area contributed by atoms with Gasteiger partial charge in [0, 0.05) is 24.2 Å². The predicted octanol–water partition coefficient (Wildman–Crippen LogP) is 1.61. The van der Waals surface area contributed by atoms with E-state index < -0.39 is 9.84 Å². The number of benzene rings is 1. The molecule has 1 rings (SSSR count). The second-order valence-corrected chi connectivity index (χ2v) is 5.96. The largest absolute Gasteiger partial charge is 0.349 e. The number of allylic oxidation sites excluding steroid dienone is 1. The number of hydrogen-bond donors (Lipinski definition) is 1. The Morgan fingerprint density at radius 2 is 1.89 bits per heavy atom. The number of sulfone groups is 1. The van der Waals surface area contributed by atoms with E-state index in [2.05, 4.69) is 5.32 Å². The maximum Gasteiger partial charge on any atom is 0.251 e. The molecule has 4 nitrogen and oxygen atoms in total. The molecule has 0 heterocycles. The van der Waals surface area contributed by atoms with Crippen LogP contribution in [0.2, 0.25) is 0 Å². The van der Waals surface area contributed by atoms with Gasteiger partial charge >= 0.3 is 0 Å². The molecule has 0 aliphatic heterocycles. The Kier molecular flexibility index (Phi) is 5.37. The highest BCUT2D eigenvalue weighted by atomic mass is 35.5. The summed E-state index contributed by atoms with van der Waals surface area (Å²) in [6.45, 7) is 0.388. The summed E-state index contributed by atoms with van der Waals surface area (Å²) in [4.78, 5) is 11.8. The lowest BCUT2D eigenvalue weighted by molar-refractivity contribution is 0.0958. The zero-order chi connectivity index (χ0) is 13.6. The molecule has 1 amide bonds. The number of hydrogen-bond acceptors (Lipinski definition) is 3. The van der Waals surface area contributed by atoms with Gasteiger partial charge in [-0.15, -0.1) is 11.6 Å². The first-order valence-electron chi connectivity index (χ1n) is 5.24. The number of carbonyl (C=O) groups is 1. The van der Waals surface area contributed by atoms with Crippen molar-refractivity contribution in [3.05, 3.63) is 42.0 Å². The van der Waals surface area contributed by atoms with Crippen molar-refractivity contribution in [3.8, 4) is 0 Å². The minimum Gasteiger partial charge on any atom is -0.349 e. The summed E-state index contributed by atoms with van der Waals surface area (Å²) in [6, 6.07) is 5.80. The second kappa shape index (κ2) is 6.56. The predicted molar refractivity (Wildman–Crippen MR) is 71.7 cm³/mol. The summed E-state index contributed by atoms with van der Waals surface area (Å²) < 4.78 is 22.5. The van der Waals surface area contributed by atoms with Crippen LogP contribution in [0.5, 0.6) is 0 Å². The second-order valence-electron chi connectivity index (χ2n) is 3.63. The third kappa shape index (κ3) is 4.50. The van der Waals surface area contributed by atoms with Crippen LogP contribution in [0.4, 0.5) is 0 Å². The Labute approximate surface area is 112 Å². The lowest BCUT2D eigenvalue weighted by atomic mass is 10.2. The molecule has 0 bridgehead atoms. The number of carbonyl (C=O) groups excluding carboxylic acids is 1. The van der Waals surface area contributed by atoms with Gasteiger partial charge in [0.25, 0.3) is 5.91 Å². The minimum absolute atomic E-state index is 0.195. The van der Waals surface area contributed by atoms with E-state index in [9.17, 15) is 13.2 Å². The molecule has 0 radical (unpaired) electrons. The Hall–Kier alpha value is -1.33. The van der Waals surface area contributed by atoms with Crippen molar-refractivity contribution in [1.82, 2.24) is 5.32 Å². The first-order chi connectivity index (χ1) is 8.45. The molecule has 0 aliphatic carbocycles. The SMILES string of the molecule is CS(=O)(=O)c1ccc(C(=O)NC/C=C/CCl)cc1. The van der Waals surface area contributed by atoms with E-state index in [-0.39, 0.29) is 10.8 Å². The Balaban J connectivity index is 2.68. The topological polar surface area (TPSA) is 63.2 Å². The monoisotopic (exact) mass is 287 g/mol. The number of alkyl halides is 1. The molecule has 1 aromatic rings. The van der Waals surface area contributed by atoms with Crippen molar-refractivity contribution < 1.29 is 13.2 Å². The zero-order valence-electron chi connectivity index (χ0n) is 9.89. The van der Waals surface area contributed by atoms with Gasteiger partial charge in [0.05, 0.1) is 4.90 Å². The van der Waals surface area contributed by atoms with Crippen LogP contribution in [-0.4, -0.2) is 33.0 Å². The van der Waals surface area contributed by atoms with Crippen LogP contribution in [0.25, 0.3) is 0 Å². The van der Waals surface area contributed by atoms with Crippen molar-refractivity contribution in [2.45, 2.75) is 4.90 Å². The average Bonchev–Trinajstić information content (AvgIpc) is 2.33. The number of halogens is 1. The molecule has 6 heteroatoms. The third-order valence-electron chi connectivity index (χ3n) is 2.18. The van der Waals surface area contributed by atoms with Gasteiger partial charge in [-0.05, 0) is 24.3 Å². The van der Waals surface area contributed by atoms with Crippen LogP contribution in [-0.2, 0) is 9.84 Å². The van der Waals surface area contributed by atoms with Crippen LogP contribution in [0.15, 0.2) is 41.3 Å². The normalized spacial score (nSPS) is 11.7. The lowest BCUT2D eigenvalue weighted by Crippen LogP contribution is -2.23. The maximum atomic E-state index is 11.6. The number of nitrogens with one attached hydrogen (secondary N) is 1. The quantitative estimate of drug-likeness (QED) is 0.661. The van der Waals surface area contributed by atoms with Gasteiger partial charge in [0.15, 0.2) is 9.84 Å². The number of amides is 1. The van der Waals surface area contributed by atoms with E-state index in [0.29, 0.717) is 18.0 Å². The summed E-state index contributed by atoms with van der Waals surface area (Å²) in [7, 11) is -3.23. The van der Waals surface area contributed by atoms with Gasteiger partial charge in [0.1, 0.15) is 0 Å². The minimum atomic E-state index is -3.23. The molecule has 0 unspecified atom stereocenters. The summed E-state index contributed by atoms with van der Waals surface area (Å²) >= 11 is 5.44. The first kappa shape index (κ1) is 14.7. The molecule has 1 aromatic carbocycles. The maximum absolute atomic E-state index is 11.6. The van der Waals surface area contributed by atoms with Crippen molar-refractivity contribution in [2.24, 2.45) is 0 Å². The molecule has 0 aliphatic rings. The fraction of sp³-hybridized carbons (Fsp3) is 0.250. The molecular weight excluding hydrogens is 274 g/mol. The van der Waals surface area contributed by atoms with Crippen LogP contribution < -0.4 is 5.32 Å². The Morgan fingerprint density at radius 1 is 1.28 bits per heavy atom. The van der Waals surface area contributed by atoms with E-state index in [1.54, 1.807) is 12.2 Å². The lowest BCUT2D eigenvalue weighted by Gasteiger charge is -2.03. The van der Waals surface area contributed by atoms with Gasteiger partial charge in [0.2, 0.25) is 0 Å². The highest BCUT2D eigenvalue weighted by molar-refractivity contribution is 7.90. The molecule has 0 spiro atoms. The fourth-order valence-electron chi connectivity index (χ4n) is 1.25. The summed E-state index contributed by atoms with van der Waals surface area (Å²) in [5.41, 5.74) is 0.418. The third-order valence-corrected chi connectivity index (χ3v) is 3.49. The van der Waals surface area contributed by atoms with Crippen LogP contribution in [0.3, 0.4) is 0 Å². The molecular formula is C12H14ClNO3S. The van der Waals surface area contributed by atoms with Crippen LogP contribution in [0, 0.1) is 0 Å². The van der Waals surface area contributed by atoms with E-state index in [4.69, 9.17) is 11.6 Å². The van der Waals surface area contributed by atoms with Crippen LogP contribution in [0.1, 0.15) is 10.4 Å². The van der Waals surface area contributed by atoms with Crippen molar-refractivity contribution in [2.75, 3.05) is 18.7 Å². The molecule has 1 N–H and O–H groups in total. The number of rotatable bonds is 5. The van der Waals surface area contributed by atoms with E-state index in [0.717, 1.165) is 6.26 Å². The van der Waals surface area contributed by atoms with Crippen LogP contribution >= 0.6 is 11.6 Å². The van der Waals surface area contributed by atoms with E-state index >= 15 is 0 Å². The zero-order valence-corrected chi connectivity index (χ0v) is 11.5. The molecule has 0 aromatic heterocycles. The first-order valence-corrected chi connectivity index (χ1v) is 7.67. The fourth-order valence-corrected chi connectivity index (χ4v) is 2.01.